The summed E-state index contributed by atoms with van der Waals surface area (Å²) in [6, 6.07) is 1.89. The summed E-state index contributed by atoms with van der Waals surface area (Å²) in [5.74, 6) is -3.68. The number of aliphatic carboxylic acids is 2. The fourth-order valence-electron chi connectivity index (χ4n) is 3.62. The number of nitrogens with zero attached hydrogens (tertiary/aromatic N) is 5. The number of halogens is 1. The van der Waals surface area contributed by atoms with Gasteiger partial charge in [0.05, 0.1) is 19.0 Å². The van der Waals surface area contributed by atoms with Crippen LogP contribution in [0.5, 0.6) is 0 Å². The fraction of sp³-hybridized carbons (Fsp3) is 0.364. The third kappa shape index (κ3) is 5.45. The molecule has 0 amide bonds. The van der Waals surface area contributed by atoms with E-state index < -0.39 is 55.1 Å². The summed E-state index contributed by atoms with van der Waals surface area (Å²) in [4.78, 5) is 35.9. The standard InChI is InChI=1S/C22H23ClN6O8/c1-3-11(7-24)5-4-10(2)6-22(19(32)33,20(34)35)36-8-12-14(30)15(31)18(37-12)29-9-26-13-16(25)27-21(23)28-17(13)29/h3-5,9,12,14-15,18,30-31H,2,6,8H2,1H3,(H,32,33)(H,34,35)(H2,25,27,28)/b5-4-,11-3+/t12-,14-,15-,18-/m1/s1. The van der Waals surface area contributed by atoms with Gasteiger partial charge in [-0.25, -0.2) is 14.6 Å². The third-order valence-electron chi connectivity index (χ3n) is 5.63. The molecule has 0 unspecified atom stereocenters. The third-order valence-corrected chi connectivity index (χ3v) is 5.80. The molecule has 4 atom stereocenters. The second-order valence-corrected chi connectivity index (χ2v) is 8.36. The van der Waals surface area contributed by atoms with Gasteiger partial charge >= 0.3 is 11.9 Å². The van der Waals surface area contributed by atoms with Gasteiger partial charge in [0, 0.05) is 12.0 Å². The van der Waals surface area contributed by atoms with E-state index in [2.05, 4.69) is 21.5 Å². The summed E-state index contributed by atoms with van der Waals surface area (Å²) in [7, 11) is 0. The van der Waals surface area contributed by atoms with Crippen molar-refractivity contribution in [1.29, 1.82) is 5.26 Å². The monoisotopic (exact) mass is 534 g/mol. The molecule has 15 heteroatoms. The Morgan fingerprint density at radius 2 is 2.00 bits per heavy atom. The quantitative estimate of drug-likeness (QED) is 0.122. The summed E-state index contributed by atoms with van der Waals surface area (Å²) in [5.41, 5.74) is 3.54. The largest absolute Gasteiger partial charge is 0.479 e. The number of nitrogens with two attached hydrogens (primary N) is 1. The van der Waals surface area contributed by atoms with Gasteiger partial charge in [0.25, 0.3) is 5.60 Å². The summed E-state index contributed by atoms with van der Waals surface area (Å²) in [6.45, 7) is 4.53. The SMILES string of the molecule is C=C(/C=C\C(C#N)=C/C)CC(OC[C@H]1O[C@@H](n2cnc3c(N)nc(Cl)nc32)[C@H](O)[C@@H]1O)(C(=O)O)C(=O)O. The second-order valence-electron chi connectivity index (χ2n) is 8.02. The van der Waals surface area contributed by atoms with E-state index in [-0.39, 0.29) is 33.4 Å². The Morgan fingerprint density at radius 1 is 1.32 bits per heavy atom. The van der Waals surface area contributed by atoms with Crippen molar-refractivity contribution in [1.82, 2.24) is 19.5 Å². The van der Waals surface area contributed by atoms with Crippen LogP contribution in [0.1, 0.15) is 19.6 Å². The summed E-state index contributed by atoms with van der Waals surface area (Å²) in [5, 5.41) is 49.4. The summed E-state index contributed by atoms with van der Waals surface area (Å²) < 4.78 is 12.2. The first kappa shape index (κ1) is 27.7. The van der Waals surface area contributed by atoms with Gasteiger partial charge in [0.1, 0.15) is 23.8 Å². The van der Waals surface area contributed by atoms with Crippen LogP contribution in [0.4, 0.5) is 5.82 Å². The average molecular weight is 535 g/mol. The molecule has 0 aromatic carbocycles. The molecule has 37 heavy (non-hydrogen) atoms. The van der Waals surface area contributed by atoms with Crippen LogP contribution in [0, 0.1) is 11.3 Å². The van der Waals surface area contributed by atoms with Gasteiger partial charge < -0.3 is 35.6 Å². The maximum absolute atomic E-state index is 12.0. The van der Waals surface area contributed by atoms with E-state index in [0.29, 0.717) is 0 Å². The number of hydrogen-bond donors (Lipinski definition) is 5. The molecule has 2 aromatic heterocycles. The van der Waals surface area contributed by atoms with Crippen molar-refractivity contribution in [3.8, 4) is 6.07 Å². The molecule has 6 N–H and O–H groups in total. The van der Waals surface area contributed by atoms with Crippen LogP contribution >= 0.6 is 11.6 Å². The molecule has 3 rings (SSSR count). The molecule has 2 aromatic rings. The number of carbonyl (C=O) groups is 2. The topological polar surface area (TPSA) is 227 Å². The summed E-state index contributed by atoms with van der Waals surface area (Å²) in [6.07, 6.45) is -1.10. The highest BCUT2D eigenvalue weighted by Gasteiger charge is 2.51. The Bertz CT molecular complexity index is 1320. The van der Waals surface area contributed by atoms with Crippen molar-refractivity contribution in [3.63, 3.8) is 0 Å². The normalized spacial score (nSPS) is 22.4. The minimum atomic E-state index is -2.80. The van der Waals surface area contributed by atoms with E-state index >= 15 is 0 Å². The number of carboxylic acids is 2. The van der Waals surface area contributed by atoms with E-state index in [4.69, 9.17) is 32.1 Å². The van der Waals surface area contributed by atoms with Gasteiger partial charge in [0.15, 0.2) is 17.7 Å². The smallest absolute Gasteiger partial charge is 0.348 e. The van der Waals surface area contributed by atoms with Crippen LogP contribution in [0.3, 0.4) is 0 Å². The molecular formula is C22H23ClN6O8. The number of allylic oxidation sites excluding steroid dienone is 4. The number of hydrogen-bond acceptors (Lipinski definition) is 11. The number of ether oxygens (including phenoxy) is 2. The number of rotatable bonds is 10. The van der Waals surface area contributed by atoms with E-state index in [1.165, 1.54) is 29.1 Å². The highest BCUT2D eigenvalue weighted by Crippen LogP contribution is 2.34. The Kier molecular flexibility index (Phi) is 8.26. The molecule has 3 heterocycles. The van der Waals surface area contributed by atoms with E-state index in [1.54, 1.807) is 6.92 Å². The number of aliphatic hydroxyl groups is 2. The molecule has 0 aliphatic carbocycles. The van der Waals surface area contributed by atoms with Gasteiger partial charge in [-0.2, -0.15) is 15.2 Å². The van der Waals surface area contributed by atoms with E-state index in [1.807, 2.05) is 6.07 Å². The molecule has 0 bridgehead atoms. The molecule has 196 valence electrons. The first-order valence-corrected chi connectivity index (χ1v) is 11.0. The van der Waals surface area contributed by atoms with Gasteiger partial charge in [-0.3, -0.25) is 4.57 Å². The van der Waals surface area contributed by atoms with Gasteiger partial charge in [-0.1, -0.05) is 24.3 Å². The number of nitrogen functional groups attached to an aromatic ring is 1. The molecule has 1 aliphatic rings. The van der Waals surface area contributed by atoms with Gasteiger partial charge in [0.2, 0.25) is 5.28 Å². The Labute approximate surface area is 214 Å². The highest BCUT2D eigenvalue weighted by molar-refractivity contribution is 6.28. The minimum Gasteiger partial charge on any atom is -0.479 e. The minimum absolute atomic E-state index is 0.0278. The first-order valence-electron chi connectivity index (χ1n) is 10.6. The number of aliphatic hydroxyl groups excluding tert-OH is 2. The molecular weight excluding hydrogens is 512 g/mol. The van der Waals surface area contributed by atoms with Crippen molar-refractivity contribution in [2.24, 2.45) is 0 Å². The lowest BCUT2D eigenvalue weighted by Crippen LogP contribution is -2.51. The van der Waals surface area contributed by atoms with Crippen molar-refractivity contribution in [2.45, 2.75) is 43.5 Å². The fourth-order valence-corrected chi connectivity index (χ4v) is 3.79. The molecule has 0 spiro atoms. The zero-order valence-electron chi connectivity index (χ0n) is 19.4. The van der Waals surface area contributed by atoms with Crippen LogP contribution in [0.2, 0.25) is 5.28 Å². The zero-order chi connectivity index (χ0) is 27.5. The zero-order valence-corrected chi connectivity index (χ0v) is 20.1. The van der Waals surface area contributed by atoms with Crippen molar-refractivity contribution >= 4 is 40.5 Å². The van der Waals surface area contributed by atoms with Crippen molar-refractivity contribution < 1.29 is 39.5 Å². The average Bonchev–Trinajstić information content (AvgIpc) is 3.38. The van der Waals surface area contributed by atoms with E-state index in [0.717, 1.165) is 0 Å². The highest BCUT2D eigenvalue weighted by atomic mass is 35.5. The number of fused-ring (bicyclic) bond motifs is 1. The second kappa shape index (κ2) is 11.0. The number of imidazole rings is 1. The Balaban J connectivity index is 1.82. The van der Waals surface area contributed by atoms with E-state index in [9.17, 15) is 30.0 Å². The lowest BCUT2D eigenvalue weighted by atomic mass is 9.94. The van der Waals surface area contributed by atoms with Crippen LogP contribution in [0.15, 0.2) is 42.3 Å². The number of anilines is 1. The predicted octanol–water partition coefficient (Wildman–Crippen LogP) is 0.578. The van der Waals surface area contributed by atoms with Crippen LogP contribution in [-0.2, 0) is 19.1 Å². The molecule has 0 radical (unpaired) electrons. The van der Waals surface area contributed by atoms with Crippen molar-refractivity contribution in [2.75, 3.05) is 12.3 Å². The molecule has 1 fully saturated rings. The van der Waals surface area contributed by atoms with Gasteiger partial charge in [-0.05, 0) is 24.6 Å². The lowest BCUT2D eigenvalue weighted by Gasteiger charge is -2.27. The summed E-state index contributed by atoms with van der Waals surface area (Å²) >= 11 is 5.85. The van der Waals surface area contributed by atoms with Crippen LogP contribution in [-0.4, -0.2) is 82.4 Å². The number of aromatic nitrogens is 4. The van der Waals surface area contributed by atoms with Crippen LogP contribution in [0.25, 0.3) is 11.2 Å². The first-order chi connectivity index (χ1) is 17.4. The molecule has 1 saturated heterocycles. The molecule has 14 nitrogen and oxygen atoms in total. The maximum Gasteiger partial charge on any atom is 0.348 e. The number of carboxylic acid groups (broad SMARTS) is 2. The molecule has 1 aliphatic heterocycles. The Hall–Kier alpha value is -3.87. The maximum atomic E-state index is 12.0. The predicted molar refractivity (Wildman–Crippen MR) is 127 cm³/mol. The molecule has 0 saturated carbocycles. The number of nitriles is 1. The van der Waals surface area contributed by atoms with Gasteiger partial charge in [-0.15, -0.1) is 0 Å². The lowest BCUT2D eigenvalue weighted by molar-refractivity contribution is -0.189. The van der Waals surface area contributed by atoms with Crippen molar-refractivity contribution in [3.05, 3.63) is 47.6 Å². The Morgan fingerprint density at radius 3 is 2.59 bits per heavy atom. The van der Waals surface area contributed by atoms with Crippen LogP contribution < -0.4 is 5.73 Å².